The lowest BCUT2D eigenvalue weighted by Crippen LogP contribution is -2.45. The first-order valence-corrected chi connectivity index (χ1v) is 35.9. The van der Waals surface area contributed by atoms with Crippen molar-refractivity contribution in [2.45, 2.75) is 398 Å². The lowest BCUT2D eigenvalue weighted by molar-refractivity contribution is -0.143. The van der Waals surface area contributed by atoms with E-state index < -0.39 is 12.1 Å². The molecule has 0 aliphatic carbocycles. The van der Waals surface area contributed by atoms with Crippen LogP contribution in [0.15, 0.2) is 48.6 Å². The summed E-state index contributed by atoms with van der Waals surface area (Å²) in [7, 11) is 0. The number of hydrogen-bond acceptors (Lipinski definition) is 5. The number of aliphatic hydroxyl groups excluding tert-OH is 2. The summed E-state index contributed by atoms with van der Waals surface area (Å²) in [5, 5.41) is 23.3. The van der Waals surface area contributed by atoms with Crippen molar-refractivity contribution >= 4 is 11.9 Å². The third kappa shape index (κ3) is 65.0. The Morgan fingerprint density at radius 1 is 0.350 bits per heavy atom. The van der Waals surface area contributed by atoms with E-state index in [9.17, 15) is 19.8 Å². The molecule has 0 aromatic rings. The maximum atomic E-state index is 12.5. The Balaban J connectivity index is 3.36. The highest BCUT2D eigenvalue weighted by molar-refractivity contribution is 5.76. The van der Waals surface area contributed by atoms with E-state index in [0.717, 1.165) is 57.8 Å². The van der Waals surface area contributed by atoms with E-state index in [4.69, 9.17) is 4.74 Å². The zero-order valence-corrected chi connectivity index (χ0v) is 53.8. The van der Waals surface area contributed by atoms with Crippen LogP contribution in [0, 0.1) is 0 Å². The smallest absolute Gasteiger partial charge is 0.305 e. The molecule has 2 atom stereocenters. The second-order valence-corrected chi connectivity index (χ2v) is 24.6. The summed E-state index contributed by atoms with van der Waals surface area (Å²) >= 11 is 0. The maximum Gasteiger partial charge on any atom is 0.305 e. The first-order chi connectivity index (χ1) is 39.5. The molecule has 0 aliphatic rings. The van der Waals surface area contributed by atoms with Crippen molar-refractivity contribution in [1.82, 2.24) is 5.32 Å². The molecule has 0 aromatic carbocycles. The first kappa shape index (κ1) is 77.8. The third-order valence-electron chi connectivity index (χ3n) is 16.6. The van der Waals surface area contributed by atoms with Crippen molar-refractivity contribution in [3.05, 3.63) is 48.6 Å². The molecule has 3 N–H and O–H groups in total. The molecule has 6 nitrogen and oxygen atoms in total. The lowest BCUT2D eigenvalue weighted by Gasteiger charge is -2.22. The maximum absolute atomic E-state index is 12.5. The normalized spacial score (nSPS) is 12.8. The lowest BCUT2D eigenvalue weighted by atomic mass is 10.0. The fourth-order valence-corrected chi connectivity index (χ4v) is 11.1. The summed E-state index contributed by atoms with van der Waals surface area (Å²) < 4.78 is 5.49. The van der Waals surface area contributed by atoms with Crippen molar-refractivity contribution in [1.29, 1.82) is 0 Å². The predicted octanol–water partition coefficient (Wildman–Crippen LogP) is 23.3. The molecule has 0 radical (unpaired) electrons. The van der Waals surface area contributed by atoms with E-state index >= 15 is 0 Å². The van der Waals surface area contributed by atoms with Gasteiger partial charge in [-0.15, -0.1) is 0 Å². The number of rotatable bonds is 67. The molecule has 6 heteroatoms. The molecular formula is C74H139NO5. The van der Waals surface area contributed by atoms with Crippen LogP contribution < -0.4 is 5.32 Å². The zero-order chi connectivity index (χ0) is 57.8. The van der Waals surface area contributed by atoms with E-state index in [1.807, 2.05) is 0 Å². The van der Waals surface area contributed by atoms with Gasteiger partial charge in [-0.25, -0.2) is 0 Å². The largest absolute Gasteiger partial charge is 0.466 e. The van der Waals surface area contributed by atoms with Gasteiger partial charge >= 0.3 is 5.97 Å². The Bertz CT molecular complexity index is 1340. The van der Waals surface area contributed by atoms with Gasteiger partial charge in [-0.1, -0.05) is 332 Å². The highest BCUT2D eigenvalue weighted by atomic mass is 16.5. The summed E-state index contributed by atoms with van der Waals surface area (Å²) in [6.45, 7) is 4.94. The number of carbonyl (C=O) groups is 2. The van der Waals surface area contributed by atoms with Gasteiger partial charge in [0.15, 0.2) is 0 Å². The molecule has 0 rings (SSSR count). The SMILES string of the molecule is CCCCCC/C=C\C/C=C\CCCCCCCC(=O)OCCCCCCCCCCCCC/C=C\C/C=C\CCCCCCCCCCCCCCCCCCCC(=O)NC(CO)C(O)CCCCCCCCCCCCCC. The highest BCUT2D eigenvalue weighted by Crippen LogP contribution is 2.18. The van der Waals surface area contributed by atoms with Crippen LogP contribution >= 0.6 is 0 Å². The fraction of sp³-hybridized carbons (Fsp3) is 0.865. The van der Waals surface area contributed by atoms with Crippen LogP contribution in [0.4, 0.5) is 0 Å². The van der Waals surface area contributed by atoms with Crippen LogP contribution in [0.3, 0.4) is 0 Å². The van der Waals surface area contributed by atoms with Gasteiger partial charge in [0.2, 0.25) is 5.91 Å². The Morgan fingerprint density at radius 2 is 0.625 bits per heavy atom. The molecule has 0 fully saturated rings. The molecule has 0 aromatic heterocycles. The Labute approximate surface area is 499 Å². The molecule has 0 heterocycles. The molecule has 80 heavy (non-hydrogen) atoms. The van der Waals surface area contributed by atoms with Crippen molar-refractivity contribution in [2.24, 2.45) is 0 Å². The number of unbranched alkanes of at least 4 members (excludes halogenated alkanes) is 48. The van der Waals surface area contributed by atoms with Gasteiger partial charge in [0.1, 0.15) is 0 Å². The molecular weight excluding hydrogens is 983 g/mol. The molecule has 2 unspecified atom stereocenters. The van der Waals surface area contributed by atoms with Crippen molar-refractivity contribution in [3.8, 4) is 0 Å². The number of amides is 1. The summed E-state index contributed by atoms with van der Waals surface area (Å²) in [6.07, 6.45) is 90.3. The number of carbonyl (C=O) groups excluding carboxylic acids is 2. The minimum atomic E-state index is -0.662. The fourth-order valence-electron chi connectivity index (χ4n) is 11.1. The van der Waals surface area contributed by atoms with E-state index in [2.05, 4.69) is 67.8 Å². The summed E-state index contributed by atoms with van der Waals surface area (Å²) in [6, 6.07) is -0.539. The monoisotopic (exact) mass is 1120 g/mol. The summed E-state index contributed by atoms with van der Waals surface area (Å²) in [5.41, 5.74) is 0. The molecule has 0 bridgehead atoms. The molecule has 470 valence electrons. The minimum absolute atomic E-state index is 0.00333. The number of allylic oxidation sites excluding steroid dienone is 8. The Morgan fingerprint density at radius 3 is 0.963 bits per heavy atom. The second kappa shape index (κ2) is 69.3. The van der Waals surface area contributed by atoms with Gasteiger partial charge in [-0.3, -0.25) is 9.59 Å². The van der Waals surface area contributed by atoms with Gasteiger partial charge in [0, 0.05) is 12.8 Å². The van der Waals surface area contributed by atoms with Crippen molar-refractivity contribution in [2.75, 3.05) is 13.2 Å². The zero-order valence-electron chi connectivity index (χ0n) is 53.8. The molecule has 0 spiro atoms. The molecule has 0 aliphatic heterocycles. The standard InChI is InChI=1S/C74H139NO5/c1-3-5-7-9-11-13-15-17-18-41-44-48-52-56-60-64-68-74(79)80-69-65-61-57-53-49-45-42-39-37-35-33-31-29-27-25-23-21-19-20-22-24-26-28-30-32-34-36-38-40-43-47-51-55-59-63-67-73(78)75-71(70-76)72(77)66-62-58-54-50-46-16-14-12-10-8-6-4-2/h13,15,18,21,23,27,29,41,71-72,76-77H,3-12,14,16-17,19-20,22,24-26,28,30-40,42-70H2,1-2H3,(H,75,78)/b15-13-,23-21-,29-27-,41-18-. The summed E-state index contributed by atoms with van der Waals surface area (Å²) in [5.74, 6) is -0.0284. The molecule has 0 saturated heterocycles. The van der Waals surface area contributed by atoms with E-state index in [0.29, 0.717) is 25.9 Å². The average molecular weight is 1120 g/mol. The Hall–Kier alpha value is -2.18. The average Bonchev–Trinajstić information content (AvgIpc) is 3.46. The number of aliphatic hydroxyl groups is 2. The Kier molecular flexibility index (Phi) is 67.4. The van der Waals surface area contributed by atoms with E-state index in [1.165, 1.54) is 295 Å². The predicted molar refractivity (Wildman–Crippen MR) is 352 cm³/mol. The van der Waals surface area contributed by atoms with Crippen LogP contribution in [0.25, 0.3) is 0 Å². The number of ether oxygens (including phenoxy) is 1. The van der Waals surface area contributed by atoms with E-state index in [-0.39, 0.29) is 18.5 Å². The quantitative estimate of drug-likeness (QED) is 0.0320. The van der Waals surface area contributed by atoms with Gasteiger partial charge in [-0.2, -0.15) is 0 Å². The number of nitrogens with one attached hydrogen (secondary N) is 1. The van der Waals surface area contributed by atoms with Crippen LogP contribution in [0.1, 0.15) is 386 Å². The van der Waals surface area contributed by atoms with Gasteiger partial charge < -0.3 is 20.3 Å². The highest BCUT2D eigenvalue weighted by Gasteiger charge is 2.20. The van der Waals surface area contributed by atoms with Gasteiger partial charge in [-0.05, 0) is 89.9 Å². The second-order valence-electron chi connectivity index (χ2n) is 24.6. The van der Waals surface area contributed by atoms with Gasteiger partial charge in [0.05, 0.1) is 25.4 Å². The van der Waals surface area contributed by atoms with Crippen molar-refractivity contribution < 1.29 is 24.5 Å². The van der Waals surface area contributed by atoms with Crippen LogP contribution in [-0.2, 0) is 14.3 Å². The van der Waals surface area contributed by atoms with Crippen molar-refractivity contribution in [3.63, 3.8) is 0 Å². The first-order valence-electron chi connectivity index (χ1n) is 35.9. The van der Waals surface area contributed by atoms with E-state index in [1.54, 1.807) is 0 Å². The number of hydrogen-bond donors (Lipinski definition) is 3. The van der Waals surface area contributed by atoms with Crippen LogP contribution in [-0.4, -0.2) is 47.4 Å². The number of esters is 1. The molecule has 0 saturated carbocycles. The summed E-state index contributed by atoms with van der Waals surface area (Å²) in [4.78, 5) is 24.6. The molecule has 1 amide bonds. The third-order valence-corrected chi connectivity index (χ3v) is 16.6. The van der Waals surface area contributed by atoms with Crippen LogP contribution in [0.5, 0.6) is 0 Å². The minimum Gasteiger partial charge on any atom is -0.466 e. The topological polar surface area (TPSA) is 95.9 Å². The van der Waals surface area contributed by atoms with Gasteiger partial charge in [0.25, 0.3) is 0 Å². The van der Waals surface area contributed by atoms with Crippen LogP contribution in [0.2, 0.25) is 0 Å².